The summed E-state index contributed by atoms with van der Waals surface area (Å²) in [5, 5.41) is 7.94. The molecule has 0 amide bonds. The molecule has 3 aromatic rings. The molecule has 1 aliphatic carbocycles. The molecule has 2 aromatic heterocycles. The van der Waals surface area contributed by atoms with E-state index in [-0.39, 0.29) is 12.1 Å². The molecule has 0 spiro atoms. The van der Waals surface area contributed by atoms with Gasteiger partial charge in [0.05, 0.1) is 20.4 Å². The van der Waals surface area contributed by atoms with Crippen LogP contribution in [0.5, 0.6) is 11.5 Å². The smallest absolute Gasteiger partial charge is 0.165 e. The highest BCUT2D eigenvalue weighted by molar-refractivity contribution is 5.79. The number of rotatable bonds is 5. The molecule has 2 heterocycles. The van der Waals surface area contributed by atoms with Gasteiger partial charge in [0, 0.05) is 23.8 Å². The van der Waals surface area contributed by atoms with E-state index in [1.807, 2.05) is 36.7 Å². The summed E-state index contributed by atoms with van der Waals surface area (Å²) in [5.41, 5.74) is 8.97. The van der Waals surface area contributed by atoms with E-state index in [1.54, 1.807) is 18.7 Å². The van der Waals surface area contributed by atoms with Crippen molar-refractivity contribution in [3.8, 4) is 22.6 Å². The topological polar surface area (TPSA) is 86.7 Å². The number of ether oxygens (including phenoxy) is 2. The van der Waals surface area contributed by atoms with Crippen LogP contribution in [0.15, 0.2) is 36.7 Å². The maximum Gasteiger partial charge on any atom is 0.165 e. The third-order valence-corrected chi connectivity index (χ3v) is 5.22. The fraction of sp³-hybridized carbons (Fsp3) is 0.400. The van der Waals surface area contributed by atoms with Crippen LogP contribution in [0.3, 0.4) is 0 Å². The molecule has 7 heteroatoms. The first-order chi connectivity index (χ1) is 13.2. The van der Waals surface area contributed by atoms with E-state index in [2.05, 4.69) is 10.4 Å². The Bertz CT molecular complexity index is 939. The summed E-state index contributed by atoms with van der Waals surface area (Å²) in [5.74, 6) is 2.20. The van der Waals surface area contributed by atoms with Crippen LogP contribution in [0, 0.1) is 0 Å². The lowest BCUT2D eigenvalue weighted by Gasteiger charge is -2.29. The van der Waals surface area contributed by atoms with Crippen LogP contribution in [0.4, 0.5) is 5.82 Å². The number of fused-ring (bicyclic) bond motifs is 1. The Morgan fingerprint density at radius 3 is 2.70 bits per heavy atom. The summed E-state index contributed by atoms with van der Waals surface area (Å²) in [4.78, 5) is 4.80. The number of aromatic nitrogens is 3. The second-order valence-corrected chi connectivity index (χ2v) is 6.91. The van der Waals surface area contributed by atoms with Gasteiger partial charge in [0.2, 0.25) is 0 Å². The minimum atomic E-state index is 0.173. The predicted octanol–water partition coefficient (Wildman–Crippen LogP) is 3.10. The zero-order valence-electron chi connectivity index (χ0n) is 15.7. The SMILES string of the molecule is COc1ccc(-c2cnn3ccc(N[C@@H]4CCCC[C@@H]4N)nc23)cc1OC. The lowest BCUT2D eigenvalue weighted by molar-refractivity contribution is 0.355. The highest BCUT2D eigenvalue weighted by Gasteiger charge is 2.22. The van der Waals surface area contributed by atoms with Crippen LogP contribution in [0.25, 0.3) is 16.8 Å². The van der Waals surface area contributed by atoms with Gasteiger partial charge >= 0.3 is 0 Å². The Morgan fingerprint density at radius 1 is 1.11 bits per heavy atom. The van der Waals surface area contributed by atoms with Crippen LogP contribution in [-0.4, -0.2) is 40.9 Å². The Balaban J connectivity index is 1.68. The van der Waals surface area contributed by atoms with Crippen LogP contribution in [-0.2, 0) is 0 Å². The summed E-state index contributed by atoms with van der Waals surface area (Å²) >= 11 is 0. The summed E-state index contributed by atoms with van der Waals surface area (Å²) in [6, 6.07) is 8.19. The number of methoxy groups -OCH3 is 2. The van der Waals surface area contributed by atoms with E-state index in [0.717, 1.165) is 35.4 Å². The monoisotopic (exact) mass is 367 g/mol. The normalized spacial score (nSPS) is 19.8. The molecular formula is C20H25N5O2. The number of nitrogens with zero attached hydrogens (tertiary/aromatic N) is 3. The largest absolute Gasteiger partial charge is 0.493 e. The quantitative estimate of drug-likeness (QED) is 0.721. The van der Waals surface area contributed by atoms with E-state index in [4.69, 9.17) is 20.2 Å². The molecule has 4 rings (SSSR count). The van der Waals surface area contributed by atoms with Crippen molar-refractivity contribution >= 4 is 11.5 Å². The molecule has 0 aliphatic heterocycles. The molecule has 0 saturated heterocycles. The molecule has 1 aromatic carbocycles. The first-order valence-electron chi connectivity index (χ1n) is 9.28. The second-order valence-electron chi connectivity index (χ2n) is 6.91. The maximum absolute atomic E-state index is 6.27. The van der Waals surface area contributed by atoms with E-state index in [9.17, 15) is 0 Å². The van der Waals surface area contributed by atoms with Crippen molar-refractivity contribution in [1.82, 2.24) is 14.6 Å². The molecular weight excluding hydrogens is 342 g/mol. The highest BCUT2D eigenvalue weighted by Crippen LogP contribution is 2.33. The molecule has 1 fully saturated rings. The minimum absolute atomic E-state index is 0.173. The number of benzene rings is 1. The molecule has 0 radical (unpaired) electrons. The van der Waals surface area contributed by atoms with E-state index >= 15 is 0 Å². The number of nitrogens with two attached hydrogens (primary N) is 1. The average molecular weight is 367 g/mol. The summed E-state index contributed by atoms with van der Waals surface area (Å²) < 4.78 is 12.5. The second kappa shape index (κ2) is 7.44. The van der Waals surface area contributed by atoms with Crippen molar-refractivity contribution in [2.45, 2.75) is 37.8 Å². The fourth-order valence-electron chi connectivity index (χ4n) is 3.69. The van der Waals surface area contributed by atoms with Gasteiger partial charge in [-0.3, -0.25) is 0 Å². The number of hydrogen-bond donors (Lipinski definition) is 2. The Labute approximate surface area is 158 Å². The standard InChI is InChI=1S/C20H25N5O2/c1-26-17-8-7-13(11-18(17)27-2)14-12-22-25-10-9-19(24-20(14)25)23-16-6-4-3-5-15(16)21/h7-12,15-16H,3-6,21H2,1-2H3,(H,23,24)/t15-,16+/m0/s1. The molecule has 27 heavy (non-hydrogen) atoms. The van der Waals surface area contributed by atoms with E-state index in [1.165, 1.54) is 12.8 Å². The van der Waals surface area contributed by atoms with Gasteiger partial charge in [-0.1, -0.05) is 18.9 Å². The molecule has 3 N–H and O–H groups in total. The zero-order valence-corrected chi connectivity index (χ0v) is 15.7. The Kier molecular flexibility index (Phi) is 4.85. The van der Waals surface area contributed by atoms with Crippen molar-refractivity contribution in [2.24, 2.45) is 5.73 Å². The molecule has 1 aliphatic rings. The van der Waals surface area contributed by atoms with Gasteiger partial charge < -0.3 is 20.5 Å². The molecule has 7 nitrogen and oxygen atoms in total. The minimum Gasteiger partial charge on any atom is -0.493 e. The van der Waals surface area contributed by atoms with Gasteiger partial charge in [0.25, 0.3) is 0 Å². The van der Waals surface area contributed by atoms with Gasteiger partial charge in [0.1, 0.15) is 5.82 Å². The fourth-order valence-corrected chi connectivity index (χ4v) is 3.69. The van der Waals surface area contributed by atoms with Gasteiger partial charge in [-0.2, -0.15) is 5.10 Å². The van der Waals surface area contributed by atoms with Crippen molar-refractivity contribution < 1.29 is 9.47 Å². The van der Waals surface area contributed by atoms with Crippen LogP contribution >= 0.6 is 0 Å². The van der Waals surface area contributed by atoms with Gasteiger partial charge in [-0.25, -0.2) is 9.50 Å². The first kappa shape index (κ1) is 17.6. The van der Waals surface area contributed by atoms with Crippen LogP contribution < -0.4 is 20.5 Å². The van der Waals surface area contributed by atoms with Gasteiger partial charge in [0.15, 0.2) is 17.1 Å². The third-order valence-electron chi connectivity index (χ3n) is 5.22. The van der Waals surface area contributed by atoms with E-state index < -0.39 is 0 Å². The van der Waals surface area contributed by atoms with E-state index in [0.29, 0.717) is 11.5 Å². The Hall–Kier alpha value is -2.80. The molecule has 142 valence electrons. The van der Waals surface area contributed by atoms with Crippen molar-refractivity contribution in [2.75, 3.05) is 19.5 Å². The van der Waals surface area contributed by atoms with Crippen LogP contribution in [0.1, 0.15) is 25.7 Å². The lowest BCUT2D eigenvalue weighted by Crippen LogP contribution is -2.42. The third kappa shape index (κ3) is 3.42. The lowest BCUT2D eigenvalue weighted by atomic mass is 9.91. The van der Waals surface area contributed by atoms with Gasteiger partial charge in [-0.05, 0) is 36.6 Å². The van der Waals surface area contributed by atoms with Crippen molar-refractivity contribution in [3.05, 3.63) is 36.7 Å². The van der Waals surface area contributed by atoms with Gasteiger partial charge in [-0.15, -0.1) is 0 Å². The molecule has 2 atom stereocenters. The average Bonchev–Trinajstić information content (AvgIpc) is 3.12. The summed E-state index contributed by atoms with van der Waals surface area (Å²) in [6.07, 6.45) is 8.29. The van der Waals surface area contributed by atoms with Crippen LogP contribution in [0.2, 0.25) is 0 Å². The number of nitrogens with one attached hydrogen (secondary N) is 1. The maximum atomic E-state index is 6.27. The Morgan fingerprint density at radius 2 is 1.93 bits per heavy atom. The summed E-state index contributed by atoms with van der Waals surface area (Å²) in [6.45, 7) is 0. The molecule has 0 unspecified atom stereocenters. The molecule has 1 saturated carbocycles. The van der Waals surface area contributed by atoms with Crippen molar-refractivity contribution in [3.63, 3.8) is 0 Å². The zero-order chi connectivity index (χ0) is 18.8. The summed E-state index contributed by atoms with van der Waals surface area (Å²) in [7, 11) is 3.26. The highest BCUT2D eigenvalue weighted by atomic mass is 16.5. The number of hydrogen-bond acceptors (Lipinski definition) is 6. The van der Waals surface area contributed by atoms with Crippen molar-refractivity contribution in [1.29, 1.82) is 0 Å². The first-order valence-corrected chi connectivity index (χ1v) is 9.28. The predicted molar refractivity (Wildman–Crippen MR) is 105 cm³/mol. The molecule has 0 bridgehead atoms. The number of anilines is 1.